The van der Waals surface area contributed by atoms with Crippen molar-refractivity contribution in [3.8, 4) is 0 Å². The molecule has 1 amide bonds. The maximum atomic E-state index is 12.7. The number of para-hydroxylation sites is 1. The fourth-order valence-corrected chi connectivity index (χ4v) is 6.17. The number of hydrogen-bond donors (Lipinski definition) is 2. The molecule has 4 atom stereocenters. The van der Waals surface area contributed by atoms with Gasteiger partial charge in [-0.1, -0.05) is 18.6 Å². The van der Waals surface area contributed by atoms with Crippen molar-refractivity contribution in [1.82, 2.24) is 20.5 Å². The summed E-state index contributed by atoms with van der Waals surface area (Å²) in [4.78, 5) is 19.9. The van der Waals surface area contributed by atoms with E-state index in [0.717, 1.165) is 29.2 Å². The number of rotatable bonds is 3. The molecule has 8 heteroatoms. The highest BCUT2D eigenvalue weighted by Gasteiger charge is 2.45. The van der Waals surface area contributed by atoms with Gasteiger partial charge in [-0.25, -0.2) is 4.98 Å². The average molecular weight is 443 g/mol. The summed E-state index contributed by atoms with van der Waals surface area (Å²) in [5.74, 6) is 1.43. The lowest BCUT2D eigenvalue weighted by Crippen LogP contribution is -2.65. The van der Waals surface area contributed by atoms with E-state index in [1.807, 2.05) is 24.3 Å². The molecule has 1 aromatic carbocycles. The number of benzene rings is 1. The molecule has 3 aliphatic heterocycles. The summed E-state index contributed by atoms with van der Waals surface area (Å²) in [6.45, 7) is 4.19. The van der Waals surface area contributed by atoms with Gasteiger partial charge in [-0.2, -0.15) is 0 Å². The minimum absolute atomic E-state index is 0. The Labute approximate surface area is 182 Å². The minimum atomic E-state index is -0.0225. The first-order valence-corrected chi connectivity index (χ1v) is 10.7. The van der Waals surface area contributed by atoms with Crippen LogP contribution >= 0.6 is 36.2 Å². The van der Waals surface area contributed by atoms with Gasteiger partial charge in [-0.3, -0.25) is 9.69 Å². The van der Waals surface area contributed by atoms with Crippen molar-refractivity contribution in [1.29, 1.82) is 0 Å². The van der Waals surface area contributed by atoms with E-state index in [0.29, 0.717) is 23.0 Å². The number of fused-ring (bicyclic) bond motifs is 5. The van der Waals surface area contributed by atoms with Crippen LogP contribution in [0, 0.1) is 11.8 Å². The Morgan fingerprint density at radius 2 is 2.04 bits per heavy atom. The Hall–Kier alpha value is -0.920. The van der Waals surface area contributed by atoms with Gasteiger partial charge in [-0.15, -0.1) is 36.2 Å². The lowest BCUT2D eigenvalue weighted by atomic mass is 9.73. The van der Waals surface area contributed by atoms with Crippen LogP contribution in [0.25, 0.3) is 10.2 Å². The quantitative estimate of drug-likeness (QED) is 0.764. The van der Waals surface area contributed by atoms with Gasteiger partial charge in [0.25, 0.3) is 5.91 Å². The smallest absolute Gasteiger partial charge is 0.280 e. The highest BCUT2D eigenvalue weighted by Crippen LogP contribution is 2.38. The Balaban J connectivity index is 0.00000112. The summed E-state index contributed by atoms with van der Waals surface area (Å²) in [5.41, 5.74) is 0.913. The van der Waals surface area contributed by atoms with Gasteiger partial charge in [-0.05, 0) is 62.9 Å². The van der Waals surface area contributed by atoms with E-state index in [9.17, 15) is 4.79 Å². The Morgan fingerprint density at radius 1 is 1.21 bits per heavy atom. The standard InChI is InChI=1S/C20H26N4OS.2ClH/c25-19(20-23-15-5-1-2-7-18(15)26-20)22-12-17-14-9-13(10-21-11-14)16-6-3-4-8-24(16)17;;/h1-2,5,7,13-14,16-17,21H,3-4,6,8-12H2,(H,22,25);2*1H/t13-,14+,16+,17+;;/m1../s1. The summed E-state index contributed by atoms with van der Waals surface area (Å²) >= 11 is 1.48. The normalized spacial score (nSPS) is 29.3. The molecule has 154 valence electrons. The summed E-state index contributed by atoms with van der Waals surface area (Å²) in [6, 6.07) is 9.12. The van der Waals surface area contributed by atoms with Crippen LogP contribution in [0.3, 0.4) is 0 Å². The van der Waals surface area contributed by atoms with Crippen LogP contribution in [0.15, 0.2) is 24.3 Å². The van der Waals surface area contributed by atoms with E-state index in [1.165, 1.54) is 50.1 Å². The molecule has 0 saturated carbocycles. The van der Waals surface area contributed by atoms with Gasteiger partial charge >= 0.3 is 0 Å². The van der Waals surface area contributed by atoms with Crippen molar-refractivity contribution in [3.05, 3.63) is 29.3 Å². The number of piperidine rings is 3. The zero-order chi connectivity index (χ0) is 17.5. The second-order valence-electron chi connectivity index (χ2n) is 7.98. The number of aromatic nitrogens is 1. The first kappa shape index (κ1) is 21.8. The average Bonchev–Trinajstić information content (AvgIpc) is 3.12. The molecule has 3 fully saturated rings. The Kier molecular flexibility index (Phi) is 7.21. The van der Waals surface area contributed by atoms with Gasteiger partial charge in [0.2, 0.25) is 0 Å². The Bertz CT molecular complexity index is 783. The zero-order valence-corrected chi connectivity index (χ0v) is 18.3. The fourth-order valence-electron chi connectivity index (χ4n) is 5.29. The molecule has 3 saturated heterocycles. The molecular weight excluding hydrogens is 415 g/mol. The van der Waals surface area contributed by atoms with E-state index in [1.54, 1.807) is 0 Å². The number of halogens is 2. The number of nitrogens with zero attached hydrogens (tertiary/aromatic N) is 2. The Morgan fingerprint density at radius 3 is 2.89 bits per heavy atom. The van der Waals surface area contributed by atoms with Crippen LogP contribution in [-0.2, 0) is 0 Å². The monoisotopic (exact) mass is 442 g/mol. The third-order valence-corrected chi connectivity index (χ3v) is 7.52. The third kappa shape index (κ3) is 4.03. The molecule has 0 radical (unpaired) electrons. The highest BCUT2D eigenvalue weighted by atomic mass is 35.5. The molecule has 0 unspecified atom stereocenters. The van der Waals surface area contributed by atoms with Crippen molar-refractivity contribution in [2.75, 3.05) is 26.2 Å². The number of amides is 1. The molecule has 5 nitrogen and oxygen atoms in total. The van der Waals surface area contributed by atoms with Crippen molar-refractivity contribution in [2.24, 2.45) is 11.8 Å². The molecule has 2 bridgehead atoms. The van der Waals surface area contributed by atoms with Crippen LogP contribution in [0.2, 0.25) is 0 Å². The number of nitrogens with one attached hydrogen (secondary N) is 2. The molecule has 5 rings (SSSR count). The molecule has 2 aromatic rings. The number of thiazole rings is 1. The lowest BCUT2D eigenvalue weighted by Gasteiger charge is -2.55. The van der Waals surface area contributed by atoms with Crippen LogP contribution in [-0.4, -0.2) is 54.1 Å². The van der Waals surface area contributed by atoms with Gasteiger partial charge < -0.3 is 10.6 Å². The number of hydrogen-bond acceptors (Lipinski definition) is 5. The van der Waals surface area contributed by atoms with Gasteiger partial charge in [0.05, 0.1) is 10.2 Å². The molecular formula is C20H28Cl2N4OS. The summed E-state index contributed by atoms with van der Waals surface area (Å²) in [6.07, 6.45) is 5.29. The van der Waals surface area contributed by atoms with Crippen molar-refractivity contribution >= 4 is 52.3 Å². The first-order chi connectivity index (χ1) is 12.8. The number of carbonyl (C=O) groups excluding carboxylic acids is 1. The second kappa shape index (κ2) is 9.26. The lowest BCUT2D eigenvalue weighted by molar-refractivity contribution is -0.0371. The third-order valence-electron chi connectivity index (χ3n) is 6.48. The SMILES string of the molecule is Cl.Cl.O=C(NC[C@H]1[C@@H]2CNC[C@@H](C2)[C@@H]2CCCCN21)c1nc2ccccc2s1. The van der Waals surface area contributed by atoms with Crippen LogP contribution in [0.4, 0.5) is 0 Å². The number of carbonyl (C=O) groups is 1. The van der Waals surface area contributed by atoms with Crippen molar-refractivity contribution < 1.29 is 4.79 Å². The topological polar surface area (TPSA) is 57.3 Å². The van der Waals surface area contributed by atoms with E-state index in [-0.39, 0.29) is 30.7 Å². The summed E-state index contributed by atoms with van der Waals surface area (Å²) < 4.78 is 1.07. The second-order valence-corrected chi connectivity index (χ2v) is 9.01. The van der Waals surface area contributed by atoms with Gasteiger partial charge in [0.1, 0.15) is 0 Å². The molecule has 0 aliphatic carbocycles. The van der Waals surface area contributed by atoms with Crippen LogP contribution in [0.5, 0.6) is 0 Å². The minimum Gasteiger partial charge on any atom is -0.348 e. The summed E-state index contributed by atoms with van der Waals surface area (Å²) in [7, 11) is 0. The van der Waals surface area contributed by atoms with Crippen molar-refractivity contribution in [2.45, 2.75) is 37.8 Å². The van der Waals surface area contributed by atoms with Crippen molar-refractivity contribution in [3.63, 3.8) is 0 Å². The van der Waals surface area contributed by atoms with Crippen LogP contribution < -0.4 is 10.6 Å². The van der Waals surface area contributed by atoms with E-state index in [4.69, 9.17) is 0 Å². The largest absolute Gasteiger partial charge is 0.348 e. The van der Waals surface area contributed by atoms with E-state index in [2.05, 4.69) is 20.5 Å². The molecule has 3 aliphatic rings. The molecule has 1 aromatic heterocycles. The van der Waals surface area contributed by atoms with E-state index >= 15 is 0 Å². The maximum absolute atomic E-state index is 12.7. The highest BCUT2D eigenvalue weighted by molar-refractivity contribution is 7.20. The zero-order valence-electron chi connectivity index (χ0n) is 15.8. The predicted octanol–water partition coefficient (Wildman–Crippen LogP) is 3.33. The maximum Gasteiger partial charge on any atom is 0.280 e. The fraction of sp³-hybridized carbons (Fsp3) is 0.600. The van der Waals surface area contributed by atoms with Crippen LogP contribution in [0.1, 0.15) is 35.5 Å². The molecule has 4 heterocycles. The first-order valence-electron chi connectivity index (χ1n) is 9.90. The predicted molar refractivity (Wildman–Crippen MR) is 119 cm³/mol. The molecule has 28 heavy (non-hydrogen) atoms. The van der Waals surface area contributed by atoms with Gasteiger partial charge in [0.15, 0.2) is 5.01 Å². The van der Waals surface area contributed by atoms with E-state index < -0.39 is 0 Å². The van der Waals surface area contributed by atoms with Gasteiger partial charge in [0, 0.05) is 18.6 Å². The molecule has 2 N–H and O–H groups in total. The summed E-state index contributed by atoms with van der Waals surface area (Å²) in [5, 5.41) is 7.42. The molecule has 0 spiro atoms.